The molecular formula is C24H27F3N4O5. The van der Waals surface area contributed by atoms with E-state index in [0.29, 0.717) is 37.8 Å². The molecule has 36 heavy (non-hydrogen) atoms. The Labute approximate surface area is 206 Å². The Balaban J connectivity index is 1.73. The third kappa shape index (κ3) is 6.47. The molecule has 3 N–H and O–H groups in total. The highest BCUT2D eigenvalue weighted by Gasteiger charge is 2.55. The minimum atomic E-state index is -4.82. The largest absolute Gasteiger partial charge is 0.573 e. The Morgan fingerprint density at radius 3 is 2.39 bits per heavy atom. The molecule has 1 saturated heterocycles. The van der Waals surface area contributed by atoms with E-state index < -0.39 is 41.6 Å². The summed E-state index contributed by atoms with van der Waals surface area (Å²) in [4.78, 5) is 52.4. The molecule has 2 aliphatic rings. The zero-order chi connectivity index (χ0) is 26.7. The first kappa shape index (κ1) is 26.8. The van der Waals surface area contributed by atoms with Gasteiger partial charge in [-0.15, -0.1) is 13.2 Å². The van der Waals surface area contributed by atoms with Crippen LogP contribution in [0.1, 0.15) is 37.7 Å². The van der Waals surface area contributed by atoms with Crippen LogP contribution in [0.25, 0.3) is 0 Å². The predicted molar refractivity (Wildman–Crippen MR) is 121 cm³/mol. The van der Waals surface area contributed by atoms with Crippen LogP contribution < -0.4 is 15.8 Å². The van der Waals surface area contributed by atoms with Gasteiger partial charge >= 0.3 is 6.36 Å². The smallest absolute Gasteiger partial charge is 0.406 e. The number of nitrogens with one attached hydrogen (secondary N) is 1. The Kier molecular flexibility index (Phi) is 7.81. The Hall–Kier alpha value is -3.75. The van der Waals surface area contributed by atoms with Gasteiger partial charge in [0.25, 0.3) is 5.91 Å². The van der Waals surface area contributed by atoms with E-state index in [0.717, 1.165) is 12.1 Å². The third-order valence-corrected chi connectivity index (χ3v) is 6.10. The minimum absolute atomic E-state index is 0.287. The average molecular weight is 508 g/mol. The van der Waals surface area contributed by atoms with Crippen molar-refractivity contribution in [3.8, 4) is 17.6 Å². The topological polar surface area (TPSA) is 122 Å². The molecule has 0 bridgehead atoms. The number of rotatable bonds is 7. The van der Waals surface area contributed by atoms with Crippen molar-refractivity contribution in [1.29, 1.82) is 0 Å². The number of nitrogens with two attached hydrogens (primary N) is 1. The highest BCUT2D eigenvalue weighted by molar-refractivity contribution is 5.96. The molecule has 1 aliphatic carbocycles. The molecule has 2 atom stereocenters. The maximum atomic E-state index is 13.5. The fraction of sp³-hybridized carbons (Fsp3) is 0.500. The zero-order valence-corrected chi connectivity index (χ0v) is 19.9. The van der Waals surface area contributed by atoms with E-state index in [4.69, 9.17) is 5.73 Å². The van der Waals surface area contributed by atoms with Crippen LogP contribution in [0.5, 0.6) is 5.75 Å². The van der Waals surface area contributed by atoms with Crippen molar-refractivity contribution in [2.75, 3.05) is 20.6 Å². The molecule has 4 amide bonds. The maximum Gasteiger partial charge on any atom is 0.573 e. The standard InChI is InChI=1S/C24H27F3N4O5/c1-30(2)20(33)10-7-16(14-19(28)32)29-21(34)18-4-3-13-31(18)22(35)23(11-12-23)15-5-8-17(9-6-15)36-24(25,26)27/h5-6,8-9,16,18H,3-4,11-14H2,1-2H3,(H2,28,32)(H,29,34)/t16-,18?/m1/s1. The van der Waals surface area contributed by atoms with E-state index in [1.807, 2.05) is 0 Å². The van der Waals surface area contributed by atoms with E-state index in [-0.39, 0.29) is 18.1 Å². The number of halogens is 3. The van der Waals surface area contributed by atoms with Gasteiger partial charge in [0.05, 0.1) is 17.9 Å². The number of ether oxygens (including phenoxy) is 1. The van der Waals surface area contributed by atoms with E-state index in [1.165, 1.54) is 36.0 Å². The summed E-state index contributed by atoms with van der Waals surface area (Å²) >= 11 is 0. The highest BCUT2D eigenvalue weighted by Crippen LogP contribution is 2.50. The first-order chi connectivity index (χ1) is 16.8. The number of alkyl halides is 3. The lowest BCUT2D eigenvalue weighted by Crippen LogP contribution is -2.51. The Morgan fingerprint density at radius 1 is 1.22 bits per heavy atom. The van der Waals surface area contributed by atoms with Crippen molar-refractivity contribution in [3.63, 3.8) is 0 Å². The van der Waals surface area contributed by atoms with Gasteiger partial charge in [-0.1, -0.05) is 18.1 Å². The molecule has 1 aromatic rings. The number of carbonyl (C=O) groups excluding carboxylic acids is 4. The van der Waals surface area contributed by atoms with Crippen LogP contribution in [0.15, 0.2) is 24.3 Å². The minimum Gasteiger partial charge on any atom is -0.406 e. The second-order valence-corrected chi connectivity index (χ2v) is 9.01. The van der Waals surface area contributed by atoms with Crippen molar-refractivity contribution in [1.82, 2.24) is 15.1 Å². The molecule has 1 unspecified atom stereocenters. The van der Waals surface area contributed by atoms with Crippen LogP contribution in [0.2, 0.25) is 0 Å². The number of nitrogens with zero attached hydrogens (tertiary/aromatic N) is 2. The first-order valence-electron chi connectivity index (χ1n) is 11.3. The monoisotopic (exact) mass is 508 g/mol. The van der Waals surface area contributed by atoms with Crippen LogP contribution in [0.4, 0.5) is 13.2 Å². The van der Waals surface area contributed by atoms with Gasteiger partial charge in [0.1, 0.15) is 11.8 Å². The zero-order valence-electron chi connectivity index (χ0n) is 19.9. The van der Waals surface area contributed by atoms with Gasteiger partial charge < -0.3 is 25.6 Å². The summed E-state index contributed by atoms with van der Waals surface area (Å²) < 4.78 is 41.2. The third-order valence-electron chi connectivity index (χ3n) is 6.10. The van der Waals surface area contributed by atoms with Gasteiger partial charge in [-0.2, -0.15) is 0 Å². The van der Waals surface area contributed by atoms with Crippen LogP contribution in [-0.2, 0) is 24.6 Å². The van der Waals surface area contributed by atoms with Crippen molar-refractivity contribution in [2.24, 2.45) is 5.73 Å². The van der Waals surface area contributed by atoms with Gasteiger partial charge in [0, 0.05) is 20.6 Å². The first-order valence-corrected chi connectivity index (χ1v) is 11.3. The van der Waals surface area contributed by atoms with Crippen LogP contribution in [0, 0.1) is 11.8 Å². The van der Waals surface area contributed by atoms with Gasteiger partial charge in [-0.3, -0.25) is 19.2 Å². The molecule has 1 aromatic carbocycles. The van der Waals surface area contributed by atoms with Crippen molar-refractivity contribution < 1.29 is 37.1 Å². The van der Waals surface area contributed by atoms with Crippen LogP contribution >= 0.6 is 0 Å². The molecule has 9 nitrogen and oxygen atoms in total. The van der Waals surface area contributed by atoms with E-state index >= 15 is 0 Å². The fourth-order valence-electron chi connectivity index (χ4n) is 4.15. The molecule has 12 heteroatoms. The lowest BCUT2D eigenvalue weighted by atomic mass is 9.93. The summed E-state index contributed by atoms with van der Waals surface area (Å²) in [7, 11) is 3.01. The van der Waals surface area contributed by atoms with E-state index in [9.17, 15) is 32.3 Å². The number of hydrogen-bond donors (Lipinski definition) is 2. The molecule has 0 aromatic heterocycles. The van der Waals surface area contributed by atoms with Gasteiger partial charge in [0.15, 0.2) is 0 Å². The SMILES string of the molecule is CN(C)C(=O)C#C[C@H](CC(N)=O)NC(=O)C1CCCN1C(=O)C1(c2ccc(OC(F)(F)F)cc2)CC1. The summed E-state index contributed by atoms with van der Waals surface area (Å²) in [6.45, 7) is 0.333. The summed E-state index contributed by atoms with van der Waals surface area (Å²) in [5.41, 5.74) is 4.89. The fourth-order valence-corrected chi connectivity index (χ4v) is 4.15. The quantitative estimate of drug-likeness (QED) is 0.534. The summed E-state index contributed by atoms with van der Waals surface area (Å²) in [6, 6.07) is 3.35. The van der Waals surface area contributed by atoms with E-state index in [2.05, 4.69) is 21.9 Å². The second-order valence-electron chi connectivity index (χ2n) is 9.01. The van der Waals surface area contributed by atoms with Crippen molar-refractivity contribution in [3.05, 3.63) is 29.8 Å². The number of hydrogen-bond acceptors (Lipinski definition) is 5. The molecule has 1 saturated carbocycles. The summed E-state index contributed by atoms with van der Waals surface area (Å²) in [5.74, 6) is 2.46. The maximum absolute atomic E-state index is 13.5. The number of benzene rings is 1. The van der Waals surface area contributed by atoms with E-state index in [1.54, 1.807) is 0 Å². The molecule has 0 radical (unpaired) electrons. The van der Waals surface area contributed by atoms with Gasteiger partial charge in [-0.25, -0.2) is 0 Å². The summed E-state index contributed by atoms with van der Waals surface area (Å²) in [6.07, 6.45) is -3.17. The highest BCUT2D eigenvalue weighted by atomic mass is 19.4. The Morgan fingerprint density at radius 2 is 1.86 bits per heavy atom. The van der Waals surface area contributed by atoms with Gasteiger partial charge in [-0.05, 0) is 49.3 Å². The number of likely N-dealkylation sites (tertiary alicyclic amines) is 1. The lowest BCUT2D eigenvalue weighted by molar-refractivity contribution is -0.274. The number of carbonyl (C=O) groups is 4. The molecule has 1 heterocycles. The molecule has 1 aliphatic heterocycles. The van der Waals surface area contributed by atoms with Crippen molar-refractivity contribution >= 4 is 23.6 Å². The van der Waals surface area contributed by atoms with Crippen molar-refractivity contribution in [2.45, 2.75) is 56.0 Å². The summed E-state index contributed by atoms with van der Waals surface area (Å²) in [5, 5.41) is 2.61. The Bertz CT molecular complexity index is 1090. The van der Waals surface area contributed by atoms with Gasteiger partial charge in [0.2, 0.25) is 17.7 Å². The molecule has 2 fully saturated rings. The average Bonchev–Trinajstić information content (AvgIpc) is 3.44. The number of primary amides is 1. The predicted octanol–water partition coefficient (Wildman–Crippen LogP) is 1.06. The normalized spacial score (nSPS) is 18.9. The molecule has 3 rings (SSSR count). The second kappa shape index (κ2) is 10.5. The van der Waals surface area contributed by atoms with Crippen LogP contribution in [0.3, 0.4) is 0 Å². The molecule has 194 valence electrons. The molecular weight excluding hydrogens is 481 g/mol. The lowest BCUT2D eigenvalue weighted by Gasteiger charge is -2.29. The number of amides is 4. The molecule has 0 spiro atoms. The van der Waals surface area contributed by atoms with Crippen LogP contribution in [-0.4, -0.2) is 72.5 Å².